The van der Waals surface area contributed by atoms with Crippen molar-refractivity contribution < 1.29 is 0 Å². The van der Waals surface area contributed by atoms with Gasteiger partial charge >= 0.3 is 0 Å². The molecule has 2 aromatic heterocycles. The maximum atomic E-state index is 5.75. The second-order valence-corrected chi connectivity index (χ2v) is 4.01. The second-order valence-electron chi connectivity index (χ2n) is 4.01. The largest absolute Gasteiger partial charge is 0.382 e. The first kappa shape index (κ1) is 10.6. The van der Waals surface area contributed by atoms with Crippen molar-refractivity contribution in [3.8, 4) is 0 Å². The third kappa shape index (κ3) is 1.98. The van der Waals surface area contributed by atoms with E-state index in [1.807, 2.05) is 28.8 Å². The van der Waals surface area contributed by atoms with Crippen LogP contribution in [0.1, 0.15) is 5.56 Å². The van der Waals surface area contributed by atoms with Crippen molar-refractivity contribution in [3.63, 3.8) is 0 Å². The van der Waals surface area contributed by atoms with E-state index in [0.29, 0.717) is 18.2 Å². The first-order chi connectivity index (χ1) is 8.83. The van der Waals surface area contributed by atoms with Crippen molar-refractivity contribution in [2.24, 2.45) is 0 Å². The van der Waals surface area contributed by atoms with Gasteiger partial charge in [0.15, 0.2) is 11.5 Å². The van der Waals surface area contributed by atoms with Gasteiger partial charge in [0.25, 0.3) is 0 Å². The van der Waals surface area contributed by atoms with Crippen molar-refractivity contribution in [1.29, 1.82) is 0 Å². The van der Waals surface area contributed by atoms with Gasteiger partial charge in [-0.25, -0.2) is 9.97 Å². The standard InChI is InChI=1S/C13H13N5/c14-11-9-18-7-6-15-13(18)12(17-11)16-8-10-4-2-1-3-5-10/h1-7,9H,8,14H2,(H,16,17). The molecule has 5 nitrogen and oxygen atoms in total. The molecule has 3 N–H and O–H groups in total. The molecule has 5 heteroatoms. The summed E-state index contributed by atoms with van der Waals surface area (Å²) in [6, 6.07) is 10.1. The molecule has 0 aliphatic carbocycles. The maximum Gasteiger partial charge on any atom is 0.180 e. The zero-order chi connectivity index (χ0) is 12.4. The fourth-order valence-corrected chi connectivity index (χ4v) is 1.85. The van der Waals surface area contributed by atoms with Crippen LogP contribution in [-0.2, 0) is 6.54 Å². The van der Waals surface area contributed by atoms with Crippen molar-refractivity contribution in [1.82, 2.24) is 14.4 Å². The summed E-state index contributed by atoms with van der Waals surface area (Å²) >= 11 is 0. The van der Waals surface area contributed by atoms with E-state index in [9.17, 15) is 0 Å². The van der Waals surface area contributed by atoms with E-state index in [2.05, 4.69) is 27.4 Å². The number of fused-ring (bicyclic) bond motifs is 1. The smallest absolute Gasteiger partial charge is 0.180 e. The number of nitrogens with zero attached hydrogens (tertiary/aromatic N) is 3. The van der Waals surface area contributed by atoms with Gasteiger partial charge in [-0.05, 0) is 5.56 Å². The Hall–Kier alpha value is -2.56. The number of hydrogen-bond acceptors (Lipinski definition) is 4. The van der Waals surface area contributed by atoms with E-state index in [1.165, 1.54) is 5.56 Å². The van der Waals surface area contributed by atoms with E-state index < -0.39 is 0 Å². The molecule has 0 aliphatic heterocycles. The summed E-state index contributed by atoms with van der Waals surface area (Å²) in [4.78, 5) is 8.53. The fourth-order valence-electron chi connectivity index (χ4n) is 1.85. The summed E-state index contributed by atoms with van der Waals surface area (Å²) in [7, 11) is 0. The molecular weight excluding hydrogens is 226 g/mol. The third-order valence-electron chi connectivity index (χ3n) is 2.70. The maximum absolute atomic E-state index is 5.75. The Labute approximate surface area is 104 Å². The van der Waals surface area contributed by atoms with Crippen LogP contribution in [0.4, 0.5) is 11.6 Å². The summed E-state index contributed by atoms with van der Waals surface area (Å²) in [5.41, 5.74) is 7.72. The molecule has 0 saturated carbocycles. The predicted octanol–water partition coefficient (Wildman–Crippen LogP) is 1.92. The van der Waals surface area contributed by atoms with Gasteiger partial charge in [-0.3, -0.25) is 0 Å². The first-order valence-electron chi connectivity index (χ1n) is 5.70. The summed E-state index contributed by atoms with van der Waals surface area (Å²) in [6.07, 6.45) is 5.32. The highest BCUT2D eigenvalue weighted by Crippen LogP contribution is 2.15. The molecule has 0 aliphatic rings. The van der Waals surface area contributed by atoms with Gasteiger partial charge in [0.2, 0.25) is 0 Å². The van der Waals surface area contributed by atoms with Crippen LogP contribution in [0.2, 0.25) is 0 Å². The Morgan fingerprint density at radius 1 is 1.22 bits per heavy atom. The Kier molecular flexibility index (Phi) is 2.57. The molecule has 90 valence electrons. The van der Waals surface area contributed by atoms with E-state index in [4.69, 9.17) is 5.73 Å². The Morgan fingerprint density at radius 2 is 2.06 bits per heavy atom. The first-order valence-corrected chi connectivity index (χ1v) is 5.70. The number of hydrogen-bond donors (Lipinski definition) is 2. The zero-order valence-corrected chi connectivity index (χ0v) is 9.74. The number of benzene rings is 1. The van der Waals surface area contributed by atoms with Crippen LogP contribution in [0.5, 0.6) is 0 Å². The fraction of sp³-hybridized carbons (Fsp3) is 0.0769. The minimum Gasteiger partial charge on any atom is -0.382 e. The highest BCUT2D eigenvalue weighted by atomic mass is 15.1. The number of nitrogens with one attached hydrogen (secondary N) is 1. The third-order valence-corrected chi connectivity index (χ3v) is 2.70. The number of rotatable bonds is 3. The zero-order valence-electron chi connectivity index (χ0n) is 9.74. The van der Waals surface area contributed by atoms with Crippen LogP contribution in [0.3, 0.4) is 0 Å². The highest BCUT2D eigenvalue weighted by molar-refractivity contribution is 5.64. The second kappa shape index (κ2) is 4.37. The number of nitrogen functional groups attached to an aromatic ring is 1. The molecule has 0 saturated heterocycles. The molecule has 0 fully saturated rings. The lowest BCUT2D eigenvalue weighted by Gasteiger charge is -2.07. The molecule has 0 atom stereocenters. The molecule has 0 unspecified atom stereocenters. The Morgan fingerprint density at radius 3 is 2.89 bits per heavy atom. The van der Waals surface area contributed by atoms with Gasteiger partial charge < -0.3 is 15.5 Å². The number of anilines is 2. The van der Waals surface area contributed by atoms with Crippen LogP contribution in [0.15, 0.2) is 48.9 Å². The summed E-state index contributed by atoms with van der Waals surface area (Å²) in [5, 5.41) is 3.26. The number of aromatic nitrogens is 3. The van der Waals surface area contributed by atoms with Crippen LogP contribution in [-0.4, -0.2) is 14.4 Å². The average Bonchev–Trinajstić information content (AvgIpc) is 2.85. The van der Waals surface area contributed by atoms with Crippen molar-refractivity contribution in [3.05, 3.63) is 54.5 Å². The van der Waals surface area contributed by atoms with Crippen molar-refractivity contribution >= 4 is 17.3 Å². The number of nitrogens with two attached hydrogens (primary N) is 1. The van der Waals surface area contributed by atoms with Gasteiger partial charge in [-0.1, -0.05) is 30.3 Å². The minimum atomic E-state index is 0.469. The van der Waals surface area contributed by atoms with E-state index in [0.717, 1.165) is 5.65 Å². The number of imidazole rings is 1. The molecule has 3 aromatic rings. The highest BCUT2D eigenvalue weighted by Gasteiger charge is 2.05. The summed E-state index contributed by atoms with van der Waals surface area (Å²) in [5.74, 6) is 1.17. The van der Waals surface area contributed by atoms with Gasteiger partial charge in [0.1, 0.15) is 5.82 Å². The van der Waals surface area contributed by atoms with Gasteiger partial charge in [-0.2, -0.15) is 0 Å². The van der Waals surface area contributed by atoms with Gasteiger partial charge in [-0.15, -0.1) is 0 Å². The van der Waals surface area contributed by atoms with E-state index >= 15 is 0 Å². The predicted molar refractivity (Wildman–Crippen MR) is 71.2 cm³/mol. The normalized spacial score (nSPS) is 10.7. The summed E-state index contributed by atoms with van der Waals surface area (Å²) in [6.45, 7) is 0.694. The molecule has 0 bridgehead atoms. The Balaban J connectivity index is 1.88. The van der Waals surface area contributed by atoms with Crippen LogP contribution >= 0.6 is 0 Å². The SMILES string of the molecule is Nc1cn2ccnc2c(NCc2ccccc2)n1. The lowest BCUT2D eigenvalue weighted by atomic mass is 10.2. The average molecular weight is 239 g/mol. The van der Waals surface area contributed by atoms with Crippen LogP contribution in [0.25, 0.3) is 5.65 Å². The molecule has 0 spiro atoms. The topological polar surface area (TPSA) is 68.2 Å². The van der Waals surface area contributed by atoms with Crippen LogP contribution < -0.4 is 11.1 Å². The Bertz CT molecular complexity index is 659. The van der Waals surface area contributed by atoms with Gasteiger partial charge in [0, 0.05) is 18.9 Å². The molecule has 1 aromatic carbocycles. The van der Waals surface area contributed by atoms with Crippen LogP contribution in [0, 0.1) is 0 Å². The lowest BCUT2D eigenvalue weighted by Crippen LogP contribution is -2.05. The molecule has 0 amide bonds. The quantitative estimate of drug-likeness (QED) is 0.732. The molecular formula is C13H13N5. The summed E-state index contributed by atoms with van der Waals surface area (Å²) < 4.78 is 1.86. The monoisotopic (exact) mass is 239 g/mol. The molecule has 0 radical (unpaired) electrons. The van der Waals surface area contributed by atoms with E-state index in [1.54, 1.807) is 12.4 Å². The molecule has 18 heavy (non-hydrogen) atoms. The lowest BCUT2D eigenvalue weighted by molar-refractivity contribution is 1.08. The van der Waals surface area contributed by atoms with Crippen molar-refractivity contribution in [2.45, 2.75) is 6.54 Å². The molecule has 3 rings (SSSR count). The van der Waals surface area contributed by atoms with E-state index in [-0.39, 0.29) is 0 Å². The minimum absolute atomic E-state index is 0.469. The molecule has 2 heterocycles. The van der Waals surface area contributed by atoms with Gasteiger partial charge in [0.05, 0.1) is 6.20 Å². The van der Waals surface area contributed by atoms with Crippen molar-refractivity contribution in [2.75, 3.05) is 11.1 Å².